The first kappa shape index (κ1) is 23.1. The van der Waals surface area contributed by atoms with Gasteiger partial charge < -0.3 is 19.7 Å². The third kappa shape index (κ3) is 4.60. The van der Waals surface area contributed by atoms with Gasteiger partial charge in [-0.2, -0.15) is 0 Å². The van der Waals surface area contributed by atoms with Gasteiger partial charge in [-0.05, 0) is 18.2 Å². The Bertz CT molecular complexity index is 1490. The summed E-state index contributed by atoms with van der Waals surface area (Å²) in [6, 6.07) is 12.1. The van der Waals surface area contributed by atoms with Gasteiger partial charge in [-0.1, -0.05) is 18.2 Å². The number of aromatic nitrogens is 3. The molecule has 1 aliphatic heterocycles. The third-order valence-electron chi connectivity index (χ3n) is 6.17. The first-order valence-electron chi connectivity index (χ1n) is 11.7. The van der Waals surface area contributed by atoms with Gasteiger partial charge in [-0.15, -0.1) is 22.7 Å². The molecule has 1 fully saturated rings. The highest BCUT2D eigenvalue weighted by Gasteiger charge is 2.23. The number of amides is 1. The third-order valence-corrected chi connectivity index (χ3v) is 7.91. The van der Waals surface area contributed by atoms with Crippen LogP contribution in [-0.2, 0) is 16.0 Å². The predicted molar refractivity (Wildman–Crippen MR) is 143 cm³/mol. The number of hydrogen-bond donors (Lipinski definition) is 1. The molecule has 8 nitrogen and oxygen atoms in total. The highest BCUT2D eigenvalue weighted by Crippen LogP contribution is 2.34. The van der Waals surface area contributed by atoms with Gasteiger partial charge in [0.15, 0.2) is 4.96 Å². The molecule has 1 aromatic carbocycles. The minimum Gasteiger partial charge on any atom is -0.376 e. The highest BCUT2D eigenvalue weighted by molar-refractivity contribution is 7.17. The molecule has 1 amide bonds. The van der Waals surface area contributed by atoms with E-state index < -0.39 is 0 Å². The van der Waals surface area contributed by atoms with Crippen molar-refractivity contribution < 1.29 is 14.3 Å². The SMILES string of the molecule is CN(CC1COCCO1)c1nc(-c2csc3ccccc23)ccc1C(=O)NCc1cn2ccsc2n1. The van der Waals surface area contributed by atoms with Gasteiger partial charge in [0.1, 0.15) is 5.82 Å². The fourth-order valence-corrected chi connectivity index (χ4v) is 6.08. The Morgan fingerprint density at radius 3 is 2.97 bits per heavy atom. The smallest absolute Gasteiger partial charge is 0.255 e. The van der Waals surface area contributed by atoms with E-state index >= 15 is 0 Å². The van der Waals surface area contributed by atoms with Crippen LogP contribution < -0.4 is 10.2 Å². The standard InChI is InChI=1S/C26H25N5O3S2/c1-30(14-18-15-33-9-10-34-18)24-20(25(32)27-12-17-13-31-8-11-35-26(31)28-17)6-7-22(29-24)21-16-36-23-5-3-2-4-19(21)23/h2-8,11,13,16,18H,9-10,12,14-15H2,1H3,(H,27,32). The van der Waals surface area contributed by atoms with Gasteiger partial charge in [0.25, 0.3) is 5.91 Å². The average Bonchev–Trinajstić information content (AvgIpc) is 3.63. The zero-order chi connectivity index (χ0) is 24.5. The fourth-order valence-electron chi connectivity index (χ4n) is 4.40. The monoisotopic (exact) mass is 519 g/mol. The highest BCUT2D eigenvalue weighted by atomic mass is 32.1. The number of benzene rings is 1. The van der Waals surface area contributed by atoms with Crippen molar-refractivity contribution in [2.75, 3.05) is 38.3 Å². The van der Waals surface area contributed by atoms with Crippen LogP contribution in [0.4, 0.5) is 5.82 Å². The summed E-state index contributed by atoms with van der Waals surface area (Å²) in [6.07, 6.45) is 3.81. The molecule has 184 valence electrons. The number of nitrogens with zero attached hydrogens (tertiary/aromatic N) is 4. The summed E-state index contributed by atoms with van der Waals surface area (Å²) in [5, 5.41) is 8.28. The first-order chi connectivity index (χ1) is 17.7. The quantitative estimate of drug-likeness (QED) is 0.342. The van der Waals surface area contributed by atoms with E-state index in [4.69, 9.17) is 14.5 Å². The minimum atomic E-state index is -0.191. The molecule has 1 aliphatic rings. The maximum absolute atomic E-state index is 13.3. The molecular weight excluding hydrogens is 494 g/mol. The molecule has 0 aliphatic carbocycles. The van der Waals surface area contributed by atoms with Crippen LogP contribution in [0.3, 0.4) is 0 Å². The topological polar surface area (TPSA) is 81.0 Å². The molecule has 1 unspecified atom stereocenters. The van der Waals surface area contributed by atoms with E-state index in [1.807, 2.05) is 58.4 Å². The van der Waals surface area contributed by atoms with E-state index in [0.29, 0.717) is 44.3 Å². The molecule has 36 heavy (non-hydrogen) atoms. The number of nitrogens with one attached hydrogen (secondary N) is 1. The molecule has 0 spiro atoms. The molecule has 1 saturated heterocycles. The lowest BCUT2D eigenvalue weighted by Crippen LogP contribution is -2.39. The Morgan fingerprint density at radius 1 is 1.19 bits per heavy atom. The molecule has 6 rings (SSSR count). The van der Waals surface area contributed by atoms with Crippen molar-refractivity contribution in [1.82, 2.24) is 19.7 Å². The van der Waals surface area contributed by atoms with E-state index in [1.54, 1.807) is 22.7 Å². The lowest BCUT2D eigenvalue weighted by Gasteiger charge is -2.29. The van der Waals surface area contributed by atoms with Crippen LogP contribution in [0, 0.1) is 0 Å². The van der Waals surface area contributed by atoms with Crippen molar-refractivity contribution in [3.05, 3.63) is 70.8 Å². The normalized spacial score (nSPS) is 16.0. The zero-order valence-electron chi connectivity index (χ0n) is 19.7. The van der Waals surface area contributed by atoms with E-state index in [2.05, 4.69) is 27.8 Å². The summed E-state index contributed by atoms with van der Waals surface area (Å²) >= 11 is 3.26. The Morgan fingerprint density at radius 2 is 2.11 bits per heavy atom. The van der Waals surface area contributed by atoms with Crippen LogP contribution in [0.2, 0.25) is 0 Å². The number of imidazole rings is 1. The predicted octanol–water partition coefficient (Wildman–Crippen LogP) is 4.45. The van der Waals surface area contributed by atoms with Gasteiger partial charge in [-0.25, -0.2) is 9.97 Å². The minimum absolute atomic E-state index is 0.0782. The van der Waals surface area contributed by atoms with Gasteiger partial charge in [0.05, 0.1) is 49.4 Å². The number of carbonyl (C=O) groups excluding carboxylic acids is 1. The van der Waals surface area contributed by atoms with Crippen LogP contribution in [-0.4, -0.2) is 59.8 Å². The average molecular weight is 520 g/mol. The fraction of sp³-hybridized carbons (Fsp3) is 0.269. The molecule has 0 saturated carbocycles. The summed E-state index contributed by atoms with van der Waals surface area (Å²) in [5.74, 6) is 0.420. The number of ether oxygens (including phenoxy) is 2. The number of rotatable bonds is 7. The summed E-state index contributed by atoms with van der Waals surface area (Å²) < 4.78 is 14.6. The van der Waals surface area contributed by atoms with E-state index in [9.17, 15) is 4.79 Å². The van der Waals surface area contributed by atoms with Crippen molar-refractivity contribution in [2.45, 2.75) is 12.6 Å². The zero-order valence-corrected chi connectivity index (χ0v) is 21.3. The Hall–Kier alpha value is -3.31. The van der Waals surface area contributed by atoms with Crippen LogP contribution in [0.5, 0.6) is 0 Å². The largest absolute Gasteiger partial charge is 0.376 e. The van der Waals surface area contributed by atoms with Crippen LogP contribution in [0.15, 0.2) is 59.6 Å². The van der Waals surface area contributed by atoms with Crippen LogP contribution in [0.25, 0.3) is 26.3 Å². The molecule has 0 bridgehead atoms. The first-order valence-corrected chi connectivity index (χ1v) is 13.5. The Labute approximate surface area is 216 Å². The van der Waals surface area contributed by atoms with Gasteiger partial charge in [-0.3, -0.25) is 9.20 Å². The van der Waals surface area contributed by atoms with E-state index in [1.165, 1.54) is 4.70 Å². The maximum atomic E-state index is 13.3. The van der Waals surface area contributed by atoms with Gasteiger partial charge in [0, 0.05) is 52.4 Å². The summed E-state index contributed by atoms with van der Waals surface area (Å²) in [6.45, 7) is 2.62. The molecule has 10 heteroatoms. The van der Waals surface area contributed by atoms with Gasteiger partial charge in [0.2, 0.25) is 0 Å². The number of thiophene rings is 1. The summed E-state index contributed by atoms with van der Waals surface area (Å²) in [4.78, 5) is 25.8. The molecule has 5 aromatic rings. The number of thiazole rings is 1. The molecule has 1 N–H and O–H groups in total. The van der Waals surface area contributed by atoms with Crippen molar-refractivity contribution >= 4 is 49.4 Å². The number of pyridine rings is 1. The lowest BCUT2D eigenvalue weighted by atomic mass is 10.1. The second-order valence-electron chi connectivity index (χ2n) is 8.67. The number of likely N-dealkylation sites (N-methyl/N-ethyl adjacent to an activating group) is 1. The molecule has 0 radical (unpaired) electrons. The number of hydrogen-bond acceptors (Lipinski definition) is 8. The van der Waals surface area contributed by atoms with Crippen molar-refractivity contribution in [3.8, 4) is 11.3 Å². The number of anilines is 1. The Kier molecular flexibility index (Phi) is 6.41. The molecule has 4 aromatic heterocycles. The van der Waals surface area contributed by atoms with Crippen molar-refractivity contribution in [2.24, 2.45) is 0 Å². The van der Waals surface area contributed by atoms with Crippen LogP contribution in [0.1, 0.15) is 16.1 Å². The van der Waals surface area contributed by atoms with E-state index in [0.717, 1.165) is 27.3 Å². The Balaban J connectivity index is 1.30. The van der Waals surface area contributed by atoms with Gasteiger partial charge >= 0.3 is 0 Å². The second kappa shape index (κ2) is 9.98. The molecular formula is C26H25N5O3S2. The molecule has 5 heterocycles. The van der Waals surface area contributed by atoms with Crippen molar-refractivity contribution in [3.63, 3.8) is 0 Å². The number of fused-ring (bicyclic) bond motifs is 2. The lowest BCUT2D eigenvalue weighted by molar-refractivity contribution is -0.0837. The summed E-state index contributed by atoms with van der Waals surface area (Å²) in [5.41, 5.74) is 3.22. The number of carbonyl (C=O) groups is 1. The summed E-state index contributed by atoms with van der Waals surface area (Å²) in [7, 11) is 1.94. The molecule has 1 atom stereocenters. The second-order valence-corrected chi connectivity index (χ2v) is 10.5. The van der Waals surface area contributed by atoms with Crippen LogP contribution >= 0.6 is 22.7 Å². The van der Waals surface area contributed by atoms with E-state index in [-0.39, 0.29) is 12.0 Å². The van der Waals surface area contributed by atoms with Crippen molar-refractivity contribution in [1.29, 1.82) is 0 Å². The maximum Gasteiger partial charge on any atom is 0.255 e.